The lowest BCUT2D eigenvalue weighted by atomic mass is 9.94. The Bertz CT molecular complexity index is 1120. The normalized spacial score (nSPS) is 19.4. The first-order chi connectivity index (χ1) is 16.1. The molecule has 12 heteroatoms. The molecule has 1 fully saturated rings. The quantitative estimate of drug-likeness (QED) is 0.655. The van der Waals surface area contributed by atoms with E-state index >= 15 is 0 Å². The smallest absolute Gasteiger partial charge is 0.365 e. The molecular formula is C22H24F3N5O4. The van der Waals surface area contributed by atoms with Gasteiger partial charge in [0.2, 0.25) is 5.91 Å². The van der Waals surface area contributed by atoms with Gasteiger partial charge in [-0.2, -0.15) is 13.2 Å². The van der Waals surface area contributed by atoms with Crippen molar-refractivity contribution >= 4 is 17.7 Å². The van der Waals surface area contributed by atoms with Crippen LogP contribution in [0.25, 0.3) is 0 Å². The molecule has 3 heterocycles. The zero-order valence-electron chi connectivity index (χ0n) is 18.4. The SMILES string of the molecule is CC[C@H](Cc1noc(C(F)(F)F)c1C(N)=O)C(=O)N[C@@H]1C(=O)N2CCCN2Cc2ccccc21. The average Bonchev–Trinajstić information content (AvgIpc) is 3.40. The standard InChI is InChI=1S/C22H24F3N5O4/c1-2-12(10-15-16(19(26)31)18(34-28-15)22(23,24)25)20(32)27-17-14-7-4-3-6-13(14)11-29-8-5-9-30(29)21(17)33/h3-4,6-7,12,17H,2,5,8-11H2,1H3,(H2,26,31)(H,27,32)/t12-,17+/m1/s1. The van der Waals surface area contributed by atoms with Crippen LogP contribution >= 0.6 is 0 Å². The number of aromatic nitrogens is 1. The van der Waals surface area contributed by atoms with Crippen molar-refractivity contribution in [2.75, 3.05) is 13.1 Å². The molecule has 2 aliphatic heterocycles. The number of hydrogen-bond donors (Lipinski definition) is 2. The first-order valence-corrected chi connectivity index (χ1v) is 10.9. The molecule has 1 aromatic carbocycles. The molecule has 0 spiro atoms. The first-order valence-electron chi connectivity index (χ1n) is 10.9. The topological polar surface area (TPSA) is 122 Å². The molecule has 9 nitrogen and oxygen atoms in total. The van der Waals surface area contributed by atoms with E-state index in [1.807, 2.05) is 17.1 Å². The molecule has 2 aromatic rings. The fourth-order valence-electron chi connectivity index (χ4n) is 4.48. The molecule has 2 atom stereocenters. The second kappa shape index (κ2) is 9.09. The Kier molecular flexibility index (Phi) is 6.34. The first kappa shape index (κ1) is 23.7. The van der Waals surface area contributed by atoms with Crippen molar-refractivity contribution in [3.63, 3.8) is 0 Å². The van der Waals surface area contributed by atoms with Gasteiger partial charge >= 0.3 is 6.18 Å². The molecular weight excluding hydrogens is 455 g/mol. The molecule has 3 amide bonds. The van der Waals surface area contributed by atoms with Gasteiger partial charge in [-0.1, -0.05) is 36.3 Å². The number of halogens is 3. The third kappa shape index (κ3) is 4.37. The third-order valence-corrected chi connectivity index (χ3v) is 6.20. The minimum absolute atomic E-state index is 0.219. The van der Waals surface area contributed by atoms with Crippen LogP contribution in [0.5, 0.6) is 0 Å². The van der Waals surface area contributed by atoms with Gasteiger partial charge in [-0.15, -0.1) is 0 Å². The van der Waals surface area contributed by atoms with E-state index in [1.54, 1.807) is 24.1 Å². The number of primary amides is 1. The Hall–Kier alpha value is -3.41. The van der Waals surface area contributed by atoms with Crippen molar-refractivity contribution in [3.05, 3.63) is 52.4 Å². The van der Waals surface area contributed by atoms with E-state index in [0.717, 1.165) is 18.5 Å². The molecule has 0 saturated carbocycles. The highest BCUT2D eigenvalue weighted by atomic mass is 19.4. The third-order valence-electron chi connectivity index (χ3n) is 6.20. The number of rotatable bonds is 6. The summed E-state index contributed by atoms with van der Waals surface area (Å²) in [5, 5.41) is 9.73. The van der Waals surface area contributed by atoms with E-state index in [-0.39, 0.29) is 24.4 Å². The number of nitrogens with zero attached hydrogens (tertiary/aromatic N) is 3. The second-order valence-corrected chi connectivity index (χ2v) is 8.35. The minimum atomic E-state index is -4.96. The van der Waals surface area contributed by atoms with Crippen LogP contribution in [0.15, 0.2) is 28.8 Å². The van der Waals surface area contributed by atoms with Gasteiger partial charge in [0.25, 0.3) is 17.6 Å². The van der Waals surface area contributed by atoms with Crippen molar-refractivity contribution in [3.8, 4) is 0 Å². The van der Waals surface area contributed by atoms with Crippen LogP contribution in [0.3, 0.4) is 0 Å². The number of carbonyl (C=O) groups excluding carboxylic acids is 3. The summed E-state index contributed by atoms with van der Waals surface area (Å²) in [5.74, 6) is -4.63. The van der Waals surface area contributed by atoms with Gasteiger partial charge in [0, 0.05) is 32.0 Å². The summed E-state index contributed by atoms with van der Waals surface area (Å²) in [7, 11) is 0. The van der Waals surface area contributed by atoms with Crippen molar-refractivity contribution in [1.82, 2.24) is 20.5 Å². The molecule has 1 aromatic heterocycles. The summed E-state index contributed by atoms with van der Waals surface area (Å²) in [6.45, 7) is 3.47. The van der Waals surface area contributed by atoms with Crippen LogP contribution in [-0.4, -0.2) is 46.0 Å². The highest BCUT2D eigenvalue weighted by Crippen LogP contribution is 2.34. The number of carbonyl (C=O) groups is 3. The lowest BCUT2D eigenvalue weighted by molar-refractivity contribution is -0.155. The molecule has 1 saturated heterocycles. The van der Waals surface area contributed by atoms with Crippen LogP contribution in [0, 0.1) is 5.92 Å². The number of hydrazine groups is 1. The summed E-state index contributed by atoms with van der Waals surface area (Å²) >= 11 is 0. The van der Waals surface area contributed by atoms with Gasteiger partial charge in [0.05, 0.1) is 5.69 Å². The van der Waals surface area contributed by atoms with Crippen LogP contribution < -0.4 is 11.1 Å². The molecule has 2 aliphatic rings. The Morgan fingerprint density at radius 1 is 1.29 bits per heavy atom. The van der Waals surface area contributed by atoms with E-state index < -0.39 is 41.3 Å². The van der Waals surface area contributed by atoms with Crippen LogP contribution in [0.1, 0.15) is 58.7 Å². The lowest BCUT2D eigenvalue weighted by Gasteiger charge is -2.28. The predicted octanol–water partition coefficient (Wildman–Crippen LogP) is 2.18. The van der Waals surface area contributed by atoms with E-state index in [4.69, 9.17) is 5.73 Å². The number of nitrogens with two attached hydrogens (primary N) is 1. The van der Waals surface area contributed by atoms with Crippen LogP contribution in [-0.2, 0) is 28.7 Å². The van der Waals surface area contributed by atoms with Gasteiger partial charge in [-0.25, -0.2) is 5.01 Å². The van der Waals surface area contributed by atoms with Crippen molar-refractivity contribution in [1.29, 1.82) is 0 Å². The summed E-state index contributed by atoms with van der Waals surface area (Å²) in [5.41, 5.74) is 5.48. The van der Waals surface area contributed by atoms with Gasteiger partial charge in [0.1, 0.15) is 11.6 Å². The van der Waals surface area contributed by atoms with Gasteiger partial charge in [-0.3, -0.25) is 19.4 Å². The van der Waals surface area contributed by atoms with E-state index in [1.165, 1.54) is 0 Å². The number of alkyl halides is 3. The maximum Gasteiger partial charge on any atom is 0.453 e. The fourth-order valence-corrected chi connectivity index (χ4v) is 4.48. The maximum absolute atomic E-state index is 13.3. The number of nitrogens with one attached hydrogen (secondary N) is 1. The fraction of sp³-hybridized carbons (Fsp3) is 0.455. The zero-order chi connectivity index (χ0) is 24.6. The Balaban J connectivity index is 1.60. The Labute approximate surface area is 193 Å². The van der Waals surface area contributed by atoms with Crippen LogP contribution in [0.4, 0.5) is 13.2 Å². The lowest BCUT2D eigenvalue weighted by Crippen LogP contribution is -2.46. The number of hydrogen-bond acceptors (Lipinski definition) is 6. The van der Waals surface area contributed by atoms with E-state index in [9.17, 15) is 27.6 Å². The summed E-state index contributed by atoms with van der Waals surface area (Å²) in [6.07, 6.45) is -4.23. The van der Waals surface area contributed by atoms with Crippen molar-refractivity contribution in [2.45, 2.75) is 44.9 Å². The molecule has 0 bridgehead atoms. The summed E-state index contributed by atoms with van der Waals surface area (Å²) in [4.78, 5) is 38.2. The minimum Gasteiger partial charge on any atom is -0.365 e. The Morgan fingerprint density at radius 2 is 2.03 bits per heavy atom. The maximum atomic E-state index is 13.3. The van der Waals surface area contributed by atoms with E-state index in [0.29, 0.717) is 18.7 Å². The van der Waals surface area contributed by atoms with Crippen molar-refractivity contribution in [2.24, 2.45) is 11.7 Å². The Morgan fingerprint density at radius 3 is 2.71 bits per heavy atom. The predicted molar refractivity (Wildman–Crippen MR) is 112 cm³/mol. The molecule has 0 radical (unpaired) electrons. The van der Waals surface area contributed by atoms with Gasteiger partial charge < -0.3 is 15.6 Å². The number of amides is 3. The zero-order valence-corrected chi connectivity index (χ0v) is 18.4. The molecule has 0 aliphatic carbocycles. The highest BCUT2D eigenvalue weighted by Gasteiger charge is 2.43. The average molecular weight is 479 g/mol. The largest absolute Gasteiger partial charge is 0.453 e. The molecule has 182 valence electrons. The van der Waals surface area contributed by atoms with Gasteiger partial charge in [-0.05, 0) is 24.0 Å². The molecule has 0 unspecified atom stereocenters. The molecule has 3 N–H and O–H groups in total. The molecule has 34 heavy (non-hydrogen) atoms. The summed E-state index contributed by atoms with van der Waals surface area (Å²) < 4.78 is 43.9. The van der Waals surface area contributed by atoms with Gasteiger partial charge in [0.15, 0.2) is 0 Å². The second-order valence-electron chi connectivity index (χ2n) is 8.35. The summed E-state index contributed by atoms with van der Waals surface area (Å²) in [6, 6.07) is 6.37. The highest BCUT2D eigenvalue weighted by molar-refractivity contribution is 5.95. The molecule has 4 rings (SSSR count). The number of fused-ring (bicyclic) bond motifs is 2. The van der Waals surface area contributed by atoms with Crippen molar-refractivity contribution < 1.29 is 32.1 Å². The van der Waals surface area contributed by atoms with Crippen LogP contribution in [0.2, 0.25) is 0 Å². The monoisotopic (exact) mass is 479 g/mol. The number of benzene rings is 1. The van der Waals surface area contributed by atoms with E-state index in [2.05, 4.69) is 15.0 Å².